The molecule has 3 atom stereocenters. The molecule has 6 nitrogen and oxygen atoms in total. The summed E-state index contributed by atoms with van der Waals surface area (Å²) in [5.74, 6) is 0.399. The number of likely N-dealkylation sites (tertiary alicyclic amines) is 2. The molecule has 0 unspecified atom stereocenters. The molecule has 6 heteroatoms. The molecule has 2 amide bonds. The molecule has 216 valence electrons. The van der Waals surface area contributed by atoms with Crippen LogP contribution < -0.4 is 10.9 Å². The van der Waals surface area contributed by atoms with Gasteiger partial charge in [0.1, 0.15) is 0 Å². The van der Waals surface area contributed by atoms with Gasteiger partial charge in [-0.25, -0.2) is 4.79 Å². The lowest BCUT2D eigenvalue weighted by molar-refractivity contribution is 0.0209. The second kappa shape index (κ2) is 11.8. The molecular weight excluding hydrogens is 508 g/mol. The van der Waals surface area contributed by atoms with E-state index < -0.39 is 0 Å². The minimum absolute atomic E-state index is 0.0653. The van der Waals surface area contributed by atoms with Crippen molar-refractivity contribution in [3.63, 3.8) is 0 Å². The Hall–Kier alpha value is -3.38. The monoisotopic (exact) mass is 552 g/mol. The van der Waals surface area contributed by atoms with E-state index >= 15 is 0 Å². The summed E-state index contributed by atoms with van der Waals surface area (Å²) in [6.45, 7) is 5.16. The lowest BCUT2D eigenvalue weighted by Gasteiger charge is -2.49. The van der Waals surface area contributed by atoms with E-state index in [0.29, 0.717) is 12.0 Å². The molecule has 1 aliphatic carbocycles. The first-order valence-electron chi connectivity index (χ1n) is 15.5. The standard InChI is InChI=1S/C35H44N4O2/c1-26-10-6-7-13-31(26)28-14-19-37(33(40)22-28)24-29-15-20-38(25-35(29)17-8-9-18-35)34(41)39-21-16-30(36-2)23-32(39)27-11-4-3-5-12-27/h3-7,10-14,19,22,29-30,32,36H,8-9,15-18,20-21,23-25H2,1-2H3/t29-,30+,32-/m0/s1. The summed E-state index contributed by atoms with van der Waals surface area (Å²) in [5, 5.41) is 3.45. The van der Waals surface area contributed by atoms with Crippen molar-refractivity contribution in [2.75, 3.05) is 26.7 Å². The minimum Gasteiger partial charge on any atom is -0.324 e. The average Bonchev–Trinajstić information content (AvgIpc) is 3.47. The van der Waals surface area contributed by atoms with Gasteiger partial charge in [0.2, 0.25) is 0 Å². The number of benzene rings is 2. The Morgan fingerprint density at radius 3 is 2.46 bits per heavy atom. The molecule has 6 rings (SSSR count). The number of rotatable bonds is 5. The summed E-state index contributed by atoms with van der Waals surface area (Å²) in [6, 6.07) is 23.3. The van der Waals surface area contributed by atoms with Crippen LogP contribution in [0.25, 0.3) is 11.1 Å². The van der Waals surface area contributed by atoms with E-state index in [4.69, 9.17) is 0 Å². The van der Waals surface area contributed by atoms with Gasteiger partial charge in [0, 0.05) is 44.5 Å². The van der Waals surface area contributed by atoms with Gasteiger partial charge < -0.3 is 19.7 Å². The van der Waals surface area contributed by atoms with Gasteiger partial charge in [-0.15, -0.1) is 0 Å². The fourth-order valence-corrected chi connectivity index (χ4v) is 7.89. The van der Waals surface area contributed by atoms with Gasteiger partial charge in [0.25, 0.3) is 5.56 Å². The Balaban J connectivity index is 1.20. The molecule has 41 heavy (non-hydrogen) atoms. The fourth-order valence-electron chi connectivity index (χ4n) is 7.89. The molecule has 1 saturated carbocycles. The number of aryl methyl sites for hydroxylation is 1. The highest BCUT2D eigenvalue weighted by atomic mass is 16.2. The average molecular weight is 553 g/mol. The number of nitrogens with zero attached hydrogens (tertiary/aromatic N) is 3. The molecule has 3 aromatic rings. The van der Waals surface area contributed by atoms with E-state index in [0.717, 1.165) is 69.4 Å². The Labute approximate surface area is 244 Å². The Morgan fingerprint density at radius 2 is 1.73 bits per heavy atom. The van der Waals surface area contributed by atoms with Crippen LogP contribution in [0.1, 0.15) is 62.1 Å². The van der Waals surface area contributed by atoms with Gasteiger partial charge in [0.05, 0.1) is 6.04 Å². The molecule has 2 aromatic carbocycles. The lowest BCUT2D eigenvalue weighted by atomic mass is 9.69. The number of hydrogen-bond acceptors (Lipinski definition) is 3. The number of hydrogen-bond donors (Lipinski definition) is 1. The van der Waals surface area contributed by atoms with Crippen molar-refractivity contribution in [2.24, 2.45) is 11.3 Å². The van der Waals surface area contributed by atoms with E-state index in [1.165, 1.54) is 24.0 Å². The van der Waals surface area contributed by atoms with Crippen molar-refractivity contribution in [1.29, 1.82) is 0 Å². The van der Waals surface area contributed by atoms with Crippen molar-refractivity contribution in [2.45, 2.75) is 70.5 Å². The van der Waals surface area contributed by atoms with Crippen LogP contribution in [-0.2, 0) is 6.54 Å². The Bertz CT molecular complexity index is 1410. The van der Waals surface area contributed by atoms with E-state index in [2.05, 4.69) is 64.5 Å². The van der Waals surface area contributed by atoms with Crippen molar-refractivity contribution in [3.8, 4) is 11.1 Å². The SMILES string of the molecule is CN[C@@H]1CCN(C(=O)N2CC[C@@H](Cn3ccc(-c4ccccc4C)cc3=O)C3(CCCC3)C2)[C@H](c2ccccc2)C1. The first-order valence-corrected chi connectivity index (χ1v) is 15.5. The number of urea groups is 1. The van der Waals surface area contributed by atoms with Crippen LogP contribution in [0.3, 0.4) is 0 Å². The van der Waals surface area contributed by atoms with Gasteiger partial charge in [-0.05, 0) is 85.7 Å². The molecule has 3 aliphatic rings. The zero-order valence-electron chi connectivity index (χ0n) is 24.6. The zero-order valence-corrected chi connectivity index (χ0v) is 24.6. The minimum atomic E-state index is 0.0653. The van der Waals surface area contributed by atoms with Crippen LogP contribution in [0, 0.1) is 18.3 Å². The maximum absolute atomic E-state index is 14.2. The molecule has 3 heterocycles. The number of amides is 2. The maximum Gasteiger partial charge on any atom is 0.320 e. The van der Waals surface area contributed by atoms with Crippen molar-refractivity contribution in [1.82, 2.24) is 19.7 Å². The Kier molecular flexibility index (Phi) is 8.03. The summed E-state index contributed by atoms with van der Waals surface area (Å²) in [4.78, 5) is 31.8. The lowest BCUT2D eigenvalue weighted by Crippen LogP contribution is -2.56. The van der Waals surface area contributed by atoms with E-state index in [1.807, 2.05) is 36.0 Å². The molecule has 3 fully saturated rings. The van der Waals surface area contributed by atoms with Crippen LogP contribution in [0.5, 0.6) is 0 Å². The highest BCUT2D eigenvalue weighted by molar-refractivity contribution is 5.75. The summed E-state index contributed by atoms with van der Waals surface area (Å²) >= 11 is 0. The summed E-state index contributed by atoms with van der Waals surface area (Å²) in [6.07, 6.45) is 9.55. The van der Waals surface area contributed by atoms with Gasteiger partial charge in [-0.3, -0.25) is 4.79 Å². The van der Waals surface area contributed by atoms with E-state index in [9.17, 15) is 9.59 Å². The third kappa shape index (κ3) is 5.59. The second-order valence-corrected chi connectivity index (χ2v) is 12.6. The zero-order chi connectivity index (χ0) is 28.4. The number of carbonyl (C=O) groups is 1. The number of nitrogens with one attached hydrogen (secondary N) is 1. The van der Waals surface area contributed by atoms with E-state index in [-0.39, 0.29) is 23.0 Å². The predicted octanol–water partition coefficient (Wildman–Crippen LogP) is 6.25. The van der Waals surface area contributed by atoms with E-state index in [1.54, 1.807) is 6.07 Å². The normalized spacial score (nSPS) is 24.1. The predicted molar refractivity (Wildman–Crippen MR) is 165 cm³/mol. The highest BCUT2D eigenvalue weighted by Gasteiger charge is 2.47. The largest absolute Gasteiger partial charge is 0.324 e. The fraction of sp³-hybridized carbons (Fsp3) is 0.486. The van der Waals surface area contributed by atoms with Crippen molar-refractivity contribution < 1.29 is 4.79 Å². The first-order chi connectivity index (χ1) is 20.0. The quantitative estimate of drug-likeness (QED) is 0.407. The van der Waals surface area contributed by atoms with Gasteiger partial charge in [-0.2, -0.15) is 0 Å². The summed E-state index contributed by atoms with van der Waals surface area (Å²) in [7, 11) is 2.03. The van der Waals surface area contributed by atoms with Gasteiger partial charge >= 0.3 is 6.03 Å². The summed E-state index contributed by atoms with van der Waals surface area (Å²) < 4.78 is 1.91. The third-order valence-corrected chi connectivity index (χ3v) is 10.3. The number of carbonyl (C=O) groups excluding carboxylic acids is 1. The van der Waals surface area contributed by atoms with Crippen LogP contribution >= 0.6 is 0 Å². The first kappa shape index (κ1) is 27.8. The molecule has 0 bridgehead atoms. The molecule has 1 aromatic heterocycles. The topological polar surface area (TPSA) is 57.6 Å². The van der Waals surface area contributed by atoms with Gasteiger partial charge in [0.15, 0.2) is 0 Å². The molecule has 0 radical (unpaired) electrons. The highest BCUT2D eigenvalue weighted by Crippen LogP contribution is 2.49. The Morgan fingerprint density at radius 1 is 0.976 bits per heavy atom. The number of aromatic nitrogens is 1. The summed E-state index contributed by atoms with van der Waals surface area (Å²) in [5.41, 5.74) is 4.65. The molecular formula is C35H44N4O2. The molecule has 2 saturated heterocycles. The molecule has 1 N–H and O–H groups in total. The maximum atomic E-state index is 14.2. The van der Waals surface area contributed by atoms with Crippen LogP contribution in [0.4, 0.5) is 4.79 Å². The smallest absolute Gasteiger partial charge is 0.320 e. The van der Waals surface area contributed by atoms with Crippen LogP contribution in [0.2, 0.25) is 0 Å². The molecule has 1 spiro atoms. The molecule has 2 aliphatic heterocycles. The van der Waals surface area contributed by atoms with Gasteiger partial charge in [-0.1, -0.05) is 67.4 Å². The van der Waals surface area contributed by atoms with Crippen LogP contribution in [-0.4, -0.2) is 53.1 Å². The van der Waals surface area contributed by atoms with Crippen LogP contribution in [0.15, 0.2) is 77.7 Å². The number of piperidine rings is 2. The number of pyridine rings is 1. The second-order valence-electron chi connectivity index (χ2n) is 12.6. The third-order valence-electron chi connectivity index (χ3n) is 10.3. The van der Waals surface area contributed by atoms with Crippen molar-refractivity contribution >= 4 is 6.03 Å². The van der Waals surface area contributed by atoms with Crippen molar-refractivity contribution in [3.05, 3.63) is 94.4 Å².